The number of carbonyl (C=O) groups is 1. The molecule has 1 aliphatic heterocycles. The maximum Gasteiger partial charge on any atom is 0.253 e. The van der Waals surface area contributed by atoms with Crippen LogP contribution < -0.4 is 0 Å². The van der Waals surface area contributed by atoms with E-state index < -0.39 is 0 Å². The van der Waals surface area contributed by atoms with Crippen LogP contribution in [0.4, 0.5) is 0 Å². The van der Waals surface area contributed by atoms with Gasteiger partial charge in [0.25, 0.3) is 5.91 Å². The van der Waals surface area contributed by atoms with E-state index in [9.17, 15) is 4.79 Å². The number of carbonyl (C=O) groups excluding carboxylic acids is 1. The standard InChI is InChI=1S/C17H21ClN4O/c1-13-15(11-19-20(13)2)12-21-7-9-22(10-8-21)17(23)14-3-5-16(18)6-4-14/h3-6,11H,7-10,12H2,1-2H3. The van der Waals surface area contributed by atoms with Crippen LogP contribution in [0.15, 0.2) is 30.5 Å². The van der Waals surface area contributed by atoms with Crippen molar-refractivity contribution in [3.8, 4) is 0 Å². The molecule has 1 saturated heterocycles. The molecule has 1 amide bonds. The Kier molecular flexibility index (Phi) is 4.68. The van der Waals surface area contributed by atoms with Crippen molar-refractivity contribution >= 4 is 17.5 Å². The van der Waals surface area contributed by atoms with Crippen molar-refractivity contribution in [3.05, 3.63) is 52.3 Å². The quantitative estimate of drug-likeness (QED) is 0.866. The minimum absolute atomic E-state index is 0.0823. The highest BCUT2D eigenvalue weighted by molar-refractivity contribution is 6.30. The summed E-state index contributed by atoms with van der Waals surface area (Å²) < 4.78 is 1.90. The molecule has 6 heteroatoms. The van der Waals surface area contributed by atoms with Gasteiger partial charge in [-0.25, -0.2) is 0 Å². The van der Waals surface area contributed by atoms with Crippen molar-refractivity contribution in [2.24, 2.45) is 7.05 Å². The van der Waals surface area contributed by atoms with Crippen LogP contribution in [0.1, 0.15) is 21.6 Å². The van der Waals surface area contributed by atoms with Gasteiger partial charge in [0.2, 0.25) is 0 Å². The zero-order chi connectivity index (χ0) is 16.4. The Hall–Kier alpha value is -1.85. The molecule has 3 rings (SSSR count). The van der Waals surface area contributed by atoms with Gasteiger partial charge >= 0.3 is 0 Å². The van der Waals surface area contributed by atoms with Crippen LogP contribution in [0.25, 0.3) is 0 Å². The molecule has 1 aromatic carbocycles. The average Bonchev–Trinajstić information content (AvgIpc) is 2.88. The van der Waals surface area contributed by atoms with Crippen LogP contribution in [-0.4, -0.2) is 51.7 Å². The lowest BCUT2D eigenvalue weighted by atomic mass is 10.1. The first-order chi connectivity index (χ1) is 11.0. The normalized spacial score (nSPS) is 15.9. The van der Waals surface area contributed by atoms with Crippen molar-refractivity contribution < 1.29 is 4.79 Å². The molecular formula is C17H21ClN4O. The molecule has 122 valence electrons. The highest BCUT2D eigenvalue weighted by atomic mass is 35.5. The zero-order valence-corrected chi connectivity index (χ0v) is 14.3. The second-order valence-corrected chi connectivity index (χ2v) is 6.39. The molecule has 5 nitrogen and oxygen atoms in total. The molecule has 0 spiro atoms. The number of benzene rings is 1. The third-order valence-corrected chi connectivity index (χ3v) is 4.73. The van der Waals surface area contributed by atoms with Gasteiger partial charge in [-0.05, 0) is 31.2 Å². The lowest BCUT2D eigenvalue weighted by Gasteiger charge is -2.34. The fourth-order valence-electron chi connectivity index (χ4n) is 2.82. The summed E-state index contributed by atoms with van der Waals surface area (Å²) >= 11 is 5.87. The topological polar surface area (TPSA) is 41.4 Å². The Balaban J connectivity index is 1.57. The Morgan fingerprint density at radius 3 is 2.39 bits per heavy atom. The van der Waals surface area contributed by atoms with Crippen LogP contribution in [0.2, 0.25) is 5.02 Å². The number of hydrogen-bond acceptors (Lipinski definition) is 3. The van der Waals surface area contributed by atoms with Gasteiger partial charge in [-0.1, -0.05) is 11.6 Å². The summed E-state index contributed by atoms with van der Waals surface area (Å²) in [6.45, 7) is 6.24. The number of hydrogen-bond donors (Lipinski definition) is 0. The van der Waals surface area contributed by atoms with Crippen LogP contribution in [-0.2, 0) is 13.6 Å². The van der Waals surface area contributed by atoms with E-state index in [0.29, 0.717) is 10.6 Å². The number of nitrogens with zero attached hydrogens (tertiary/aromatic N) is 4. The lowest BCUT2D eigenvalue weighted by molar-refractivity contribution is 0.0628. The first-order valence-corrected chi connectivity index (χ1v) is 8.17. The SMILES string of the molecule is Cc1c(CN2CCN(C(=O)c3ccc(Cl)cc3)CC2)cnn1C. The molecule has 0 bridgehead atoms. The number of aryl methyl sites for hydroxylation is 1. The molecule has 0 unspecified atom stereocenters. The fraction of sp³-hybridized carbons (Fsp3) is 0.412. The maximum absolute atomic E-state index is 12.5. The molecule has 0 radical (unpaired) electrons. The third kappa shape index (κ3) is 3.57. The first kappa shape index (κ1) is 16.0. The maximum atomic E-state index is 12.5. The van der Waals surface area contributed by atoms with Crippen LogP contribution >= 0.6 is 11.6 Å². The summed E-state index contributed by atoms with van der Waals surface area (Å²) in [5.74, 6) is 0.0823. The summed E-state index contributed by atoms with van der Waals surface area (Å²) in [4.78, 5) is 16.8. The smallest absolute Gasteiger partial charge is 0.253 e. The minimum atomic E-state index is 0.0823. The van der Waals surface area contributed by atoms with E-state index in [1.165, 1.54) is 11.3 Å². The van der Waals surface area contributed by atoms with E-state index in [1.54, 1.807) is 24.3 Å². The Morgan fingerprint density at radius 2 is 1.83 bits per heavy atom. The Labute approximate surface area is 141 Å². The van der Waals surface area contributed by atoms with Gasteiger partial charge in [0.15, 0.2) is 0 Å². The summed E-state index contributed by atoms with van der Waals surface area (Å²) in [7, 11) is 1.96. The summed E-state index contributed by atoms with van der Waals surface area (Å²) in [6.07, 6.45) is 1.93. The van der Waals surface area contributed by atoms with E-state index in [0.717, 1.165) is 32.7 Å². The van der Waals surface area contributed by atoms with Crippen molar-refractivity contribution in [1.82, 2.24) is 19.6 Å². The molecule has 1 aliphatic rings. The predicted molar refractivity (Wildman–Crippen MR) is 90.6 cm³/mol. The molecule has 1 fully saturated rings. The Bertz CT molecular complexity index is 687. The Morgan fingerprint density at radius 1 is 1.17 bits per heavy atom. The van der Waals surface area contributed by atoms with Gasteiger partial charge in [-0.15, -0.1) is 0 Å². The van der Waals surface area contributed by atoms with Crippen molar-refractivity contribution in [2.45, 2.75) is 13.5 Å². The second-order valence-electron chi connectivity index (χ2n) is 5.95. The third-order valence-electron chi connectivity index (χ3n) is 4.48. The largest absolute Gasteiger partial charge is 0.336 e. The predicted octanol–water partition coefficient (Wildman–Crippen LogP) is 2.34. The first-order valence-electron chi connectivity index (χ1n) is 7.79. The van der Waals surface area contributed by atoms with Crippen LogP contribution in [0.3, 0.4) is 0 Å². The molecule has 0 saturated carbocycles. The molecule has 0 N–H and O–H groups in total. The van der Waals surface area contributed by atoms with Gasteiger partial charge in [0.1, 0.15) is 0 Å². The number of amides is 1. The zero-order valence-electron chi connectivity index (χ0n) is 13.5. The second kappa shape index (κ2) is 6.72. The lowest BCUT2D eigenvalue weighted by Crippen LogP contribution is -2.48. The molecule has 0 atom stereocenters. The number of rotatable bonds is 3. The molecule has 2 heterocycles. The molecule has 1 aromatic heterocycles. The molecular weight excluding hydrogens is 312 g/mol. The average molecular weight is 333 g/mol. The monoisotopic (exact) mass is 332 g/mol. The van der Waals surface area contributed by atoms with Crippen LogP contribution in [0.5, 0.6) is 0 Å². The van der Waals surface area contributed by atoms with Crippen molar-refractivity contribution in [3.63, 3.8) is 0 Å². The van der Waals surface area contributed by atoms with E-state index >= 15 is 0 Å². The van der Waals surface area contributed by atoms with Gasteiger partial charge in [0, 0.05) is 61.6 Å². The van der Waals surface area contributed by atoms with E-state index in [4.69, 9.17) is 11.6 Å². The fourth-order valence-corrected chi connectivity index (χ4v) is 2.95. The van der Waals surface area contributed by atoms with E-state index in [2.05, 4.69) is 16.9 Å². The summed E-state index contributed by atoms with van der Waals surface area (Å²) in [6, 6.07) is 7.10. The van der Waals surface area contributed by atoms with Crippen molar-refractivity contribution in [2.75, 3.05) is 26.2 Å². The van der Waals surface area contributed by atoms with Gasteiger partial charge in [0.05, 0.1) is 6.20 Å². The summed E-state index contributed by atoms with van der Waals surface area (Å²) in [5, 5.41) is 4.94. The number of piperazine rings is 1. The van der Waals surface area contributed by atoms with Gasteiger partial charge in [-0.3, -0.25) is 14.4 Å². The highest BCUT2D eigenvalue weighted by Gasteiger charge is 2.22. The highest BCUT2D eigenvalue weighted by Crippen LogP contribution is 2.15. The van der Waals surface area contributed by atoms with Crippen LogP contribution in [0, 0.1) is 6.92 Å². The van der Waals surface area contributed by atoms with E-state index in [1.807, 2.05) is 22.8 Å². The van der Waals surface area contributed by atoms with Crippen molar-refractivity contribution in [1.29, 1.82) is 0 Å². The minimum Gasteiger partial charge on any atom is -0.336 e. The van der Waals surface area contributed by atoms with E-state index in [-0.39, 0.29) is 5.91 Å². The molecule has 0 aliphatic carbocycles. The number of aromatic nitrogens is 2. The van der Waals surface area contributed by atoms with Gasteiger partial charge < -0.3 is 4.90 Å². The number of halogens is 1. The van der Waals surface area contributed by atoms with Gasteiger partial charge in [-0.2, -0.15) is 5.10 Å². The molecule has 23 heavy (non-hydrogen) atoms. The summed E-state index contributed by atoms with van der Waals surface area (Å²) in [5.41, 5.74) is 3.15. The molecule has 2 aromatic rings.